The predicted octanol–water partition coefficient (Wildman–Crippen LogP) is 0.872. The molecule has 0 amide bonds. The first-order valence-electron chi connectivity index (χ1n) is 5.52. The highest BCUT2D eigenvalue weighted by molar-refractivity contribution is 7.90. The highest BCUT2D eigenvalue weighted by Crippen LogP contribution is 2.12. The van der Waals surface area contributed by atoms with Crippen LogP contribution in [0.25, 0.3) is 0 Å². The highest BCUT2D eigenvalue weighted by Gasteiger charge is 2.00. The standard InChI is InChI=1S/C12H19NO3S/c1-16-12-5-3-4-11(10-12)6-7-13-8-9-17(2,14)15/h3-5,10,13H,6-9H2,1-2H3. The summed E-state index contributed by atoms with van der Waals surface area (Å²) in [6.45, 7) is 1.27. The lowest BCUT2D eigenvalue weighted by Crippen LogP contribution is -2.24. The van der Waals surface area contributed by atoms with Gasteiger partial charge in [-0.25, -0.2) is 8.42 Å². The third-order valence-corrected chi connectivity index (χ3v) is 3.32. The van der Waals surface area contributed by atoms with Crippen molar-refractivity contribution in [3.8, 4) is 5.75 Å². The van der Waals surface area contributed by atoms with Gasteiger partial charge in [0.05, 0.1) is 12.9 Å². The monoisotopic (exact) mass is 257 g/mol. The molecule has 0 aromatic heterocycles. The van der Waals surface area contributed by atoms with Gasteiger partial charge in [0.25, 0.3) is 0 Å². The van der Waals surface area contributed by atoms with Crippen LogP contribution in [0.3, 0.4) is 0 Å². The van der Waals surface area contributed by atoms with E-state index in [2.05, 4.69) is 5.32 Å². The van der Waals surface area contributed by atoms with Crippen molar-refractivity contribution in [3.63, 3.8) is 0 Å². The second kappa shape index (κ2) is 6.61. The van der Waals surface area contributed by atoms with Gasteiger partial charge in [-0.2, -0.15) is 0 Å². The van der Waals surface area contributed by atoms with Gasteiger partial charge in [0.1, 0.15) is 15.6 Å². The van der Waals surface area contributed by atoms with Gasteiger partial charge in [-0.1, -0.05) is 12.1 Å². The number of hydrogen-bond donors (Lipinski definition) is 1. The SMILES string of the molecule is COc1cccc(CCNCCS(C)(=O)=O)c1. The van der Waals surface area contributed by atoms with Crippen molar-refractivity contribution in [2.75, 3.05) is 32.2 Å². The molecule has 5 heteroatoms. The average Bonchev–Trinajstić information content (AvgIpc) is 2.27. The molecular weight excluding hydrogens is 238 g/mol. The van der Waals surface area contributed by atoms with Gasteiger partial charge < -0.3 is 10.1 Å². The normalized spacial score (nSPS) is 11.4. The van der Waals surface area contributed by atoms with E-state index in [4.69, 9.17) is 4.74 Å². The fourth-order valence-electron chi connectivity index (χ4n) is 1.44. The lowest BCUT2D eigenvalue weighted by atomic mass is 10.1. The van der Waals surface area contributed by atoms with Crippen molar-refractivity contribution in [1.82, 2.24) is 5.32 Å². The maximum atomic E-state index is 10.9. The molecule has 0 fully saturated rings. The van der Waals surface area contributed by atoms with E-state index in [-0.39, 0.29) is 5.75 Å². The molecule has 0 spiro atoms. The summed E-state index contributed by atoms with van der Waals surface area (Å²) in [6.07, 6.45) is 2.11. The van der Waals surface area contributed by atoms with Gasteiger partial charge >= 0.3 is 0 Å². The zero-order valence-corrected chi connectivity index (χ0v) is 11.1. The minimum atomic E-state index is -2.86. The maximum Gasteiger partial charge on any atom is 0.148 e. The minimum absolute atomic E-state index is 0.186. The summed E-state index contributed by atoms with van der Waals surface area (Å²) in [7, 11) is -1.22. The molecule has 4 nitrogen and oxygen atoms in total. The van der Waals surface area contributed by atoms with Crippen molar-refractivity contribution in [3.05, 3.63) is 29.8 Å². The van der Waals surface area contributed by atoms with E-state index in [1.165, 1.54) is 11.8 Å². The van der Waals surface area contributed by atoms with Crippen molar-refractivity contribution in [1.29, 1.82) is 0 Å². The molecule has 0 aliphatic rings. The molecule has 96 valence electrons. The molecule has 0 radical (unpaired) electrons. The molecule has 0 saturated carbocycles. The van der Waals surface area contributed by atoms with Crippen LogP contribution in [-0.2, 0) is 16.3 Å². The van der Waals surface area contributed by atoms with Crippen LogP contribution in [0.1, 0.15) is 5.56 Å². The first kappa shape index (κ1) is 14.0. The molecule has 0 aliphatic carbocycles. The number of rotatable bonds is 7. The summed E-state index contributed by atoms with van der Waals surface area (Å²) >= 11 is 0. The van der Waals surface area contributed by atoms with E-state index in [1.807, 2.05) is 24.3 Å². The second-order valence-corrected chi connectivity index (χ2v) is 6.24. The summed E-state index contributed by atoms with van der Waals surface area (Å²) in [6, 6.07) is 7.87. The first-order chi connectivity index (χ1) is 8.01. The summed E-state index contributed by atoms with van der Waals surface area (Å²) in [5.74, 6) is 1.03. The number of methoxy groups -OCH3 is 1. The van der Waals surface area contributed by atoms with Crippen LogP contribution in [0.5, 0.6) is 5.75 Å². The molecule has 1 N–H and O–H groups in total. The van der Waals surface area contributed by atoms with E-state index in [9.17, 15) is 8.42 Å². The molecule has 17 heavy (non-hydrogen) atoms. The lowest BCUT2D eigenvalue weighted by Gasteiger charge is -2.05. The van der Waals surface area contributed by atoms with E-state index < -0.39 is 9.84 Å². The zero-order chi connectivity index (χ0) is 12.7. The van der Waals surface area contributed by atoms with Crippen molar-refractivity contribution >= 4 is 9.84 Å². The molecule has 0 aliphatic heterocycles. The van der Waals surface area contributed by atoms with E-state index >= 15 is 0 Å². The molecular formula is C12H19NO3S. The van der Waals surface area contributed by atoms with E-state index in [0.717, 1.165) is 18.7 Å². The molecule has 1 rings (SSSR count). The van der Waals surface area contributed by atoms with Gasteiger partial charge in [0, 0.05) is 12.8 Å². The first-order valence-corrected chi connectivity index (χ1v) is 7.59. The van der Waals surface area contributed by atoms with Crippen LogP contribution in [0.2, 0.25) is 0 Å². The Morgan fingerprint density at radius 1 is 1.29 bits per heavy atom. The number of nitrogens with one attached hydrogen (secondary N) is 1. The van der Waals surface area contributed by atoms with E-state index in [1.54, 1.807) is 7.11 Å². The third-order valence-electron chi connectivity index (χ3n) is 2.37. The van der Waals surface area contributed by atoms with Gasteiger partial charge in [-0.05, 0) is 30.7 Å². The number of benzene rings is 1. The van der Waals surface area contributed by atoms with Crippen molar-refractivity contribution < 1.29 is 13.2 Å². The molecule has 1 aromatic rings. The fourth-order valence-corrected chi connectivity index (χ4v) is 1.96. The van der Waals surface area contributed by atoms with Crippen molar-refractivity contribution in [2.45, 2.75) is 6.42 Å². The quantitative estimate of drug-likeness (QED) is 0.737. The summed E-state index contributed by atoms with van der Waals surface area (Å²) in [4.78, 5) is 0. The highest BCUT2D eigenvalue weighted by atomic mass is 32.2. The van der Waals surface area contributed by atoms with Gasteiger partial charge in [-0.15, -0.1) is 0 Å². The minimum Gasteiger partial charge on any atom is -0.497 e. The molecule has 0 heterocycles. The summed E-state index contributed by atoms with van der Waals surface area (Å²) in [5, 5.41) is 3.11. The Kier molecular flexibility index (Phi) is 5.44. The lowest BCUT2D eigenvalue weighted by molar-refractivity contribution is 0.414. The maximum absolute atomic E-state index is 10.9. The van der Waals surface area contributed by atoms with Crippen LogP contribution in [0, 0.1) is 0 Å². The Labute approximate surface area is 103 Å². The Morgan fingerprint density at radius 2 is 2.06 bits per heavy atom. The summed E-state index contributed by atoms with van der Waals surface area (Å²) in [5.41, 5.74) is 1.18. The number of sulfone groups is 1. The largest absolute Gasteiger partial charge is 0.497 e. The van der Waals surface area contributed by atoms with Gasteiger partial charge in [-0.3, -0.25) is 0 Å². The molecule has 0 unspecified atom stereocenters. The van der Waals surface area contributed by atoms with E-state index in [0.29, 0.717) is 6.54 Å². The Bertz CT molecular complexity index is 443. The Hall–Kier alpha value is -1.07. The predicted molar refractivity (Wildman–Crippen MR) is 69.3 cm³/mol. The van der Waals surface area contributed by atoms with Crippen LogP contribution in [0.4, 0.5) is 0 Å². The smallest absolute Gasteiger partial charge is 0.148 e. The third kappa shape index (κ3) is 6.28. The van der Waals surface area contributed by atoms with Crippen LogP contribution >= 0.6 is 0 Å². The molecule has 0 saturated heterocycles. The zero-order valence-electron chi connectivity index (χ0n) is 10.3. The fraction of sp³-hybridized carbons (Fsp3) is 0.500. The molecule has 0 bridgehead atoms. The van der Waals surface area contributed by atoms with Crippen LogP contribution in [0.15, 0.2) is 24.3 Å². The second-order valence-electron chi connectivity index (χ2n) is 3.98. The Balaban J connectivity index is 2.26. The van der Waals surface area contributed by atoms with Crippen LogP contribution in [-0.4, -0.2) is 40.6 Å². The van der Waals surface area contributed by atoms with Crippen LogP contribution < -0.4 is 10.1 Å². The topological polar surface area (TPSA) is 55.4 Å². The number of ether oxygens (including phenoxy) is 1. The summed E-state index contributed by atoms with van der Waals surface area (Å²) < 4.78 is 26.9. The Morgan fingerprint density at radius 3 is 2.71 bits per heavy atom. The number of hydrogen-bond acceptors (Lipinski definition) is 4. The van der Waals surface area contributed by atoms with Gasteiger partial charge in [0.2, 0.25) is 0 Å². The molecule has 1 aromatic carbocycles. The van der Waals surface area contributed by atoms with Gasteiger partial charge in [0.15, 0.2) is 0 Å². The van der Waals surface area contributed by atoms with Crippen molar-refractivity contribution in [2.24, 2.45) is 0 Å². The average molecular weight is 257 g/mol. The molecule has 0 atom stereocenters.